The summed E-state index contributed by atoms with van der Waals surface area (Å²) in [5.41, 5.74) is 1.97. The highest BCUT2D eigenvalue weighted by molar-refractivity contribution is 5.88. The molecule has 4 rings (SSSR count). The van der Waals surface area contributed by atoms with Crippen molar-refractivity contribution in [2.24, 2.45) is 0 Å². The van der Waals surface area contributed by atoms with Crippen LogP contribution in [0, 0.1) is 11.6 Å². The standard InChI is InChI=1S/C21H19F2N5O/c22-16-6-7-18(19(23)14-16)15-3-1-4-17(13-15)27-9-11-28(12-10-27)21(29)25-20-5-2-8-24-26-20/h1-8,13-14H,9-12H2,(H,25,26,29). The van der Waals surface area contributed by atoms with E-state index in [0.29, 0.717) is 43.1 Å². The second-order valence-corrected chi connectivity index (χ2v) is 6.69. The molecular weight excluding hydrogens is 376 g/mol. The van der Waals surface area contributed by atoms with Crippen molar-refractivity contribution >= 4 is 17.5 Å². The normalized spacial score (nSPS) is 14.0. The highest BCUT2D eigenvalue weighted by Crippen LogP contribution is 2.28. The predicted octanol–water partition coefficient (Wildman–Crippen LogP) is 3.78. The number of piperazine rings is 1. The largest absolute Gasteiger partial charge is 0.368 e. The zero-order valence-corrected chi connectivity index (χ0v) is 15.6. The maximum Gasteiger partial charge on any atom is 0.323 e. The number of amides is 2. The van der Waals surface area contributed by atoms with Crippen molar-refractivity contribution in [1.82, 2.24) is 15.1 Å². The highest BCUT2D eigenvalue weighted by atomic mass is 19.1. The number of halogens is 2. The van der Waals surface area contributed by atoms with E-state index in [1.165, 1.54) is 12.1 Å². The van der Waals surface area contributed by atoms with Gasteiger partial charge in [-0.15, -0.1) is 5.10 Å². The van der Waals surface area contributed by atoms with Gasteiger partial charge in [0.05, 0.1) is 0 Å². The lowest BCUT2D eigenvalue weighted by atomic mass is 10.0. The van der Waals surface area contributed by atoms with Gasteiger partial charge in [0.15, 0.2) is 5.82 Å². The second kappa shape index (κ2) is 8.22. The van der Waals surface area contributed by atoms with Gasteiger partial charge in [0.25, 0.3) is 0 Å². The molecule has 0 atom stereocenters. The van der Waals surface area contributed by atoms with Crippen LogP contribution in [0.3, 0.4) is 0 Å². The van der Waals surface area contributed by atoms with Gasteiger partial charge in [-0.3, -0.25) is 5.32 Å². The molecule has 29 heavy (non-hydrogen) atoms. The Labute approximate surface area is 166 Å². The lowest BCUT2D eigenvalue weighted by molar-refractivity contribution is 0.208. The molecule has 2 amide bonds. The molecule has 148 valence electrons. The first kappa shape index (κ1) is 18.8. The van der Waals surface area contributed by atoms with Gasteiger partial charge < -0.3 is 9.80 Å². The molecule has 1 aliphatic rings. The number of urea groups is 1. The molecule has 0 unspecified atom stereocenters. The summed E-state index contributed by atoms with van der Waals surface area (Å²) in [5, 5.41) is 10.3. The second-order valence-electron chi connectivity index (χ2n) is 6.69. The highest BCUT2D eigenvalue weighted by Gasteiger charge is 2.22. The van der Waals surface area contributed by atoms with Crippen molar-refractivity contribution in [3.8, 4) is 11.1 Å². The average Bonchev–Trinajstić information content (AvgIpc) is 2.75. The number of nitrogens with one attached hydrogen (secondary N) is 1. The fourth-order valence-corrected chi connectivity index (χ4v) is 3.32. The van der Waals surface area contributed by atoms with Crippen LogP contribution in [0.4, 0.5) is 25.1 Å². The number of hydrogen-bond donors (Lipinski definition) is 1. The van der Waals surface area contributed by atoms with E-state index in [1.54, 1.807) is 29.3 Å². The van der Waals surface area contributed by atoms with Crippen LogP contribution >= 0.6 is 0 Å². The predicted molar refractivity (Wildman–Crippen MR) is 107 cm³/mol. The SMILES string of the molecule is O=C(Nc1cccnn1)N1CCN(c2cccc(-c3ccc(F)cc3F)c2)CC1. The summed E-state index contributed by atoms with van der Waals surface area (Å²) in [4.78, 5) is 16.2. The Balaban J connectivity index is 1.42. The molecule has 2 heterocycles. The van der Waals surface area contributed by atoms with Crippen molar-refractivity contribution in [2.45, 2.75) is 0 Å². The number of nitrogens with zero attached hydrogens (tertiary/aromatic N) is 4. The van der Waals surface area contributed by atoms with Gasteiger partial charge >= 0.3 is 6.03 Å². The first-order valence-electron chi connectivity index (χ1n) is 9.24. The number of hydrogen-bond acceptors (Lipinski definition) is 4. The molecule has 0 bridgehead atoms. The molecule has 0 aliphatic carbocycles. The summed E-state index contributed by atoms with van der Waals surface area (Å²) in [6.07, 6.45) is 1.54. The summed E-state index contributed by atoms with van der Waals surface area (Å²) in [5.74, 6) is -0.778. The number of carbonyl (C=O) groups is 1. The minimum Gasteiger partial charge on any atom is -0.368 e. The van der Waals surface area contributed by atoms with E-state index in [4.69, 9.17) is 0 Å². The summed E-state index contributed by atoms with van der Waals surface area (Å²) in [6, 6.07) is 14.2. The van der Waals surface area contributed by atoms with E-state index in [0.717, 1.165) is 11.8 Å². The molecular formula is C21H19F2N5O. The molecule has 3 aromatic rings. The van der Waals surface area contributed by atoms with E-state index >= 15 is 0 Å². The summed E-state index contributed by atoms with van der Waals surface area (Å²) >= 11 is 0. The number of rotatable bonds is 3. The first-order valence-corrected chi connectivity index (χ1v) is 9.24. The Hall–Kier alpha value is -3.55. The molecule has 1 fully saturated rings. The Bertz CT molecular complexity index is 1010. The van der Waals surface area contributed by atoms with Gasteiger partial charge in [0.2, 0.25) is 0 Å². The van der Waals surface area contributed by atoms with Crippen molar-refractivity contribution < 1.29 is 13.6 Å². The Morgan fingerprint density at radius 1 is 0.966 bits per heavy atom. The number of benzene rings is 2. The Morgan fingerprint density at radius 2 is 1.79 bits per heavy atom. The van der Waals surface area contributed by atoms with Crippen LogP contribution in [-0.2, 0) is 0 Å². The maximum atomic E-state index is 14.1. The van der Waals surface area contributed by atoms with E-state index in [9.17, 15) is 13.6 Å². The van der Waals surface area contributed by atoms with Crippen molar-refractivity contribution in [3.63, 3.8) is 0 Å². The van der Waals surface area contributed by atoms with Crippen LogP contribution in [0.1, 0.15) is 0 Å². The number of carbonyl (C=O) groups excluding carboxylic acids is 1. The summed E-state index contributed by atoms with van der Waals surface area (Å²) in [7, 11) is 0. The van der Waals surface area contributed by atoms with Crippen LogP contribution in [0.25, 0.3) is 11.1 Å². The Morgan fingerprint density at radius 3 is 2.52 bits per heavy atom. The monoisotopic (exact) mass is 395 g/mol. The molecule has 1 aliphatic heterocycles. The van der Waals surface area contributed by atoms with Gasteiger partial charge in [0, 0.05) is 49.7 Å². The summed E-state index contributed by atoms with van der Waals surface area (Å²) < 4.78 is 27.3. The zero-order valence-electron chi connectivity index (χ0n) is 15.6. The van der Waals surface area contributed by atoms with Crippen molar-refractivity contribution in [2.75, 3.05) is 36.4 Å². The van der Waals surface area contributed by atoms with E-state index in [-0.39, 0.29) is 6.03 Å². The van der Waals surface area contributed by atoms with E-state index in [1.807, 2.05) is 18.2 Å². The molecule has 8 heteroatoms. The molecule has 0 spiro atoms. The van der Waals surface area contributed by atoms with Gasteiger partial charge in [-0.2, -0.15) is 5.10 Å². The first-order chi connectivity index (χ1) is 14.1. The van der Waals surface area contributed by atoms with Crippen LogP contribution in [0.2, 0.25) is 0 Å². The van der Waals surface area contributed by atoms with E-state index < -0.39 is 11.6 Å². The van der Waals surface area contributed by atoms with Crippen LogP contribution in [0.15, 0.2) is 60.8 Å². The zero-order chi connectivity index (χ0) is 20.2. The lowest BCUT2D eigenvalue weighted by Gasteiger charge is -2.36. The average molecular weight is 395 g/mol. The summed E-state index contributed by atoms with van der Waals surface area (Å²) in [6.45, 7) is 2.37. The third-order valence-corrected chi connectivity index (χ3v) is 4.83. The van der Waals surface area contributed by atoms with Gasteiger partial charge in [-0.25, -0.2) is 13.6 Å². The maximum absolute atomic E-state index is 14.1. The minimum absolute atomic E-state index is 0.215. The van der Waals surface area contributed by atoms with E-state index in [2.05, 4.69) is 20.4 Å². The van der Waals surface area contributed by atoms with Crippen LogP contribution in [-0.4, -0.2) is 47.3 Å². The smallest absolute Gasteiger partial charge is 0.323 e. The molecule has 1 saturated heterocycles. The lowest BCUT2D eigenvalue weighted by Crippen LogP contribution is -2.50. The van der Waals surface area contributed by atoms with Gasteiger partial charge in [-0.1, -0.05) is 12.1 Å². The van der Waals surface area contributed by atoms with Crippen molar-refractivity contribution in [1.29, 1.82) is 0 Å². The molecule has 0 saturated carbocycles. The quantitative estimate of drug-likeness (QED) is 0.733. The van der Waals surface area contributed by atoms with Crippen molar-refractivity contribution in [3.05, 3.63) is 72.4 Å². The molecule has 2 aromatic carbocycles. The molecule has 1 aromatic heterocycles. The molecule has 1 N–H and O–H groups in total. The van der Waals surface area contributed by atoms with Crippen LogP contribution in [0.5, 0.6) is 0 Å². The topological polar surface area (TPSA) is 61.4 Å². The molecule has 6 nitrogen and oxygen atoms in total. The third kappa shape index (κ3) is 4.31. The third-order valence-electron chi connectivity index (χ3n) is 4.83. The Kier molecular flexibility index (Phi) is 5.33. The molecule has 0 radical (unpaired) electrons. The number of anilines is 2. The number of aromatic nitrogens is 2. The van der Waals surface area contributed by atoms with Gasteiger partial charge in [-0.05, 0) is 42.0 Å². The minimum atomic E-state index is -0.599. The fourth-order valence-electron chi connectivity index (χ4n) is 3.32. The van der Waals surface area contributed by atoms with Gasteiger partial charge in [0.1, 0.15) is 11.6 Å². The van der Waals surface area contributed by atoms with Crippen LogP contribution < -0.4 is 10.2 Å². The fraction of sp³-hybridized carbons (Fsp3) is 0.190.